The van der Waals surface area contributed by atoms with Crippen LogP contribution in [0.15, 0.2) is 48.5 Å². The lowest BCUT2D eigenvalue weighted by Gasteiger charge is -2.33. The number of alkyl halides is 1. The number of piperidine rings is 1. The van der Waals surface area contributed by atoms with Crippen molar-refractivity contribution in [2.24, 2.45) is 5.92 Å². The van der Waals surface area contributed by atoms with Gasteiger partial charge in [-0.2, -0.15) is 0 Å². The third kappa shape index (κ3) is 3.46. The fourth-order valence-corrected chi connectivity index (χ4v) is 4.26. The predicted octanol–water partition coefficient (Wildman–Crippen LogP) is 4.07. The Morgan fingerprint density at radius 2 is 1.68 bits per heavy atom. The Morgan fingerprint density at radius 3 is 2.25 bits per heavy atom. The summed E-state index contributed by atoms with van der Waals surface area (Å²) in [6.45, 7) is 0.391. The summed E-state index contributed by atoms with van der Waals surface area (Å²) >= 11 is 0. The number of carboxylic acid groups (broad SMARTS) is 1. The number of carbonyl (C=O) groups excluding carboxylic acids is 1. The molecule has 0 radical (unpaired) electrons. The Hall–Kier alpha value is -2.89. The smallest absolute Gasteiger partial charge is 0.409 e. The number of halogens is 1. The fourth-order valence-electron chi connectivity index (χ4n) is 4.26. The van der Waals surface area contributed by atoms with Gasteiger partial charge in [0.25, 0.3) is 0 Å². The molecule has 2 atom stereocenters. The van der Waals surface area contributed by atoms with Crippen LogP contribution in [-0.2, 0) is 9.53 Å². The van der Waals surface area contributed by atoms with E-state index >= 15 is 0 Å². The fraction of sp³-hybridized carbons (Fsp3) is 0.364. The highest BCUT2D eigenvalue weighted by Crippen LogP contribution is 2.44. The monoisotopic (exact) mass is 383 g/mol. The van der Waals surface area contributed by atoms with Crippen LogP contribution in [0.4, 0.5) is 9.18 Å². The van der Waals surface area contributed by atoms with Gasteiger partial charge in [-0.1, -0.05) is 48.5 Å². The van der Waals surface area contributed by atoms with Crippen LogP contribution >= 0.6 is 0 Å². The van der Waals surface area contributed by atoms with Crippen molar-refractivity contribution in [1.82, 2.24) is 4.90 Å². The molecule has 1 N–H and O–H groups in total. The highest BCUT2D eigenvalue weighted by atomic mass is 19.1. The van der Waals surface area contributed by atoms with Gasteiger partial charge in [-0.15, -0.1) is 0 Å². The minimum absolute atomic E-state index is 0.0397. The maximum absolute atomic E-state index is 14.2. The van der Waals surface area contributed by atoms with E-state index in [9.17, 15) is 14.0 Å². The molecule has 1 fully saturated rings. The number of hydrogen-bond donors (Lipinski definition) is 1. The zero-order valence-corrected chi connectivity index (χ0v) is 15.4. The van der Waals surface area contributed by atoms with E-state index < -0.39 is 24.2 Å². The van der Waals surface area contributed by atoms with Crippen molar-refractivity contribution in [3.05, 3.63) is 59.7 Å². The Bertz CT molecular complexity index is 854. The molecular formula is C22H22FNO4. The number of nitrogens with zero attached hydrogens (tertiary/aromatic N) is 1. The van der Waals surface area contributed by atoms with Crippen LogP contribution in [-0.4, -0.2) is 47.9 Å². The SMILES string of the molecule is O=C(O)CC1CCN(C(=O)OCC2c3ccccc3-c3ccccc32)CC1F. The average Bonchev–Trinajstić information content (AvgIpc) is 3.01. The number of ether oxygens (including phenoxy) is 1. The maximum atomic E-state index is 14.2. The summed E-state index contributed by atoms with van der Waals surface area (Å²) in [7, 11) is 0. The first-order valence-electron chi connectivity index (χ1n) is 9.50. The summed E-state index contributed by atoms with van der Waals surface area (Å²) in [4.78, 5) is 24.6. The van der Waals surface area contributed by atoms with Gasteiger partial charge in [0.1, 0.15) is 12.8 Å². The van der Waals surface area contributed by atoms with Crippen LogP contribution in [0.5, 0.6) is 0 Å². The second kappa shape index (κ2) is 7.62. The van der Waals surface area contributed by atoms with Crippen LogP contribution in [0, 0.1) is 5.92 Å². The molecule has 2 aliphatic rings. The Morgan fingerprint density at radius 1 is 1.07 bits per heavy atom. The normalized spacial score (nSPS) is 21.1. The Labute approximate surface area is 162 Å². The number of benzene rings is 2. The summed E-state index contributed by atoms with van der Waals surface area (Å²) in [5.41, 5.74) is 4.55. The lowest BCUT2D eigenvalue weighted by molar-refractivity contribution is -0.139. The van der Waals surface area contributed by atoms with Gasteiger partial charge in [-0.25, -0.2) is 9.18 Å². The second-order valence-electron chi connectivity index (χ2n) is 7.41. The zero-order chi connectivity index (χ0) is 19.7. The van der Waals surface area contributed by atoms with E-state index in [0.29, 0.717) is 13.0 Å². The third-order valence-electron chi connectivity index (χ3n) is 5.71. The van der Waals surface area contributed by atoms with E-state index in [4.69, 9.17) is 9.84 Å². The van der Waals surface area contributed by atoms with Crippen molar-refractivity contribution in [2.45, 2.75) is 24.9 Å². The van der Waals surface area contributed by atoms with Crippen molar-refractivity contribution in [3.63, 3.8) is 0 Å². The molecule has 0 spiro atoms. The molecular weight excluding hydrogens is 361 g/mol. The van der Waals surface area contributed by atoms with Gasteiger partial charge in [-0.3, -0.25) is 4.79 Å². The summed E-state index contributed by atoms with van der Waals surface area (Å²) < 4.78 is 19.8. The third-order valence-corrected chi connectivity index (χ3v) is 5.71. The Balaban J connectivity index is 1.41. The summed E-state index contributed by atoms with van der Waals surface area (Å²) in [6.07, 6.45) is -1.76. The quantitative estimate of drug-likeness (QED) is 0.864. The molecule has 4 rings (SSSR count). The molecule has 2 aromatic rings. The van der Waals surface area contributed by atoms with E-state index in [1.807, 2.05) is 36.4 Å². The summed E-state index contributed by atoms with van der Waals surface area (Å²) in [6, 6.07) is 16.2. The van der Waals surface area contributed by atoms with Gasteiger partial charge >= 0.3 is 12.1 Å². The first-order valence-corrected chi connectivity index (χ1v) is 9.50. The van der Waals surface area contributed by atoms with Crippen molar-refractivity contribution >= 4 is 12.1 Å². The highest BCUT2D eigenvalue weighted by molar-refractivity contribution is 5.79. The predicted molar refractivity (Wildman–Crippen MR) is 102 cm³/mol. The highest BCUT2D eigenvalue weighted by Gasteiger charge is 2.34. The van der Waals surface area contributed by atoms with E-state index in [-0.39, 0.29) is 25.5 Å². The molecule has 1 saturated heterocycles. The molecule has 1 aliphatic carbocycles. The van der Waals surface area contributed by atoms with Gasteiger partial charge in [0.15, 0.2) is 0 Å². The molecule has 5 nitrogen and oxygen atoms in total. The molecule has 6 heteroatoms. The van der Waals surface area contributed by atoms with Gasteiger partial charge in [0.2, 0.25) is 0 Å². The van der Waals surface area contributed by atoms with E-state index in [2.05, 4.69) is 12.1 Å². The van der Waals surface area contributed by atoms with Gasteiger partial charge in [0.05, 0.1) is 13.0 Å². The van der Waals surface area contributed by atoms with E-state index in [1.165, 1.54) is 4.90 Å². The van der Waals surface area contributed by atoms with Crippen LogP contribution in [0.1, 0.15) is 29.9 Å². The number of likely N-dealkylation sites (tertiary alicyclic amines) is 1. The molecule has 0 bridgehead atoms. The van der Waals surface area contributed by atoms with Crippen molar-refractivity contribution in [1.29, 1.82) is 0 Å². The number of fused-ring (bicyclic) bond motifs is 3. The van der Waals surface area contributed by atoms with Crippen LogP contribution < -0.4 is 0 Å². The van der Waals surface area contributed by atoms with Crippen molar-refractivity contribution in [3.8, 4) is 11.1 Å². The number of hydrogen-bond acceptors (Lipinski definition) is 3. The van der Waals surface area contributed by atoms with Gasteiger partial charge < -0.3 is 14.7 Å². The molecule has 2 aromatic carbocycles. The van der Waals surface area contributed by atoms with Crippen molar-refractivity contribution < 1.29 is 23.8 Å². The largest absolute Gasteiger partial charge is 0.481 e. The minimum atomic E-state index is -1.34. The number of carboxylic acids is 1. The lowest BCUT2D eigenvalue weighted by Crippen LogP contribution is -2.45. The molecule has 0 aromatic heterocycles. The lowest BCUT2D eigenvalue weighted by atomic mass is 9.92. The first kappa shape index (κ1) is 18.5. The standard InChI is InChI=1S/C22H22FNO4/c23-20-12-24(10-9-14(20)11-21(25)26)22(27)28-13-19-17-7-3-1-5-15(17)16-6-2-4-8-18(16)19/h1-8,14,19-20H,9-13H2,(H,25,26). The number of amides is 1. The number of carbonyl (C=O) groups is 2. The van der Waals surface area contributed by atoms with Gasteiger partial charge in [0, 0.05) is 18.4 Å². The van der Waals surface area contributed by atoms with Crippen LogP contribution in [0.2, 0.25) is 0 Å². The Kier molecular flexibility index (Phi) is 5.03. The zero-order valence-electron chi connectivity index (χ0n) is 15.4. The number of aliphatic carboxylic acids is 1. The van der Waals surface area contributed by atoms with Crippen LogP contribution in [0.25, 0.3) is 11.1 Å². The summed E-state index contributed by atoms with van der Waals surface area (Å²) in [5, 5.41) is 8.85. The van der Waals surface area contributed by atoms with Gasteiger partial charge in [-0.05, 0) is 28.7 Å². The number of rotatable bonds is 4. The maximum Gasteiger partial charge on any atom is 0.409 e. The molecule has 146 valence electrons. The molecule has 1 aliphatic heterocycles. The topological polar surface area (TPSA) is 66.8 Å². The molecule has 28 heavy (non-hydrogen) atoms. The van der Waals surface area contributed by atoms with Crippen LogP contribution in [0.3, 0.4) is 0 Å². The van der Waals surface area contributed by atoms with E-state index in [0.717, 1.165) is 22.3 Å². The minimum Gasteiger partial charge on any atom is -0.481 e. The second-order valence-corrected chi connectivity index (χ2v) is 7.41. The van der Waals surface area contributed by atoms with E-state index in [1.54, 1.807) is 0 Å². The summed E-state index contributed by atoms with van der Waals surface area (Å²) in [5.74, 6) is -1.60. The molecule has 2 unspecified atom stereocenters. The molecule has 1 heterocycles. The first-order chi connectivity index (χ1) is 13.5. The average molecular weight is 383 g/mol. The van der Waals surface area contributed by atoms with Crippen molar-refractivity contribution in [2.75, 3.05) is 19.7 Å². The molecule has 1 amide bonds. The molecule has 0 saturated carbocycles.